The Bertz CT molecular complexity index is 1530. The molecular formula is C32H36FN5O6. The summed E-state index contributed by atoms with van der Waals surface area (Å²) in [5.74, 6) is -3.71. The van der Waals surface area contributed by atoms with Crippen molar-refractivity contribution in [2.45, 2.75) is 51.2 Å². The van der Waals surface area contributed by atoms with Crippen LogP contribution in [0, 0.1) is 17.1 Å². The Morgan fingerprint density at radius 1 is 1.00 bits per heavy atom. The predicted octanol–water partition coefficient (Wildman–Crippen LogP) is 4.53. The van der Waals surface area contributed by atoms with Gasteiger partial charge in [-0.15, -0.1) is 0 Å². The number of nitrogens with zero attached hydrogens (tertiary/aromatic N) is 3. The number of methoxy groups -OCH3 is 2. The lowest BCUT2D eigenvalue weighted by Gasteiger charge is -2.38. The van der Waals surface area contributed by atoms with Crippen molar-refractivity contribution < 1.29 is 33.0 Å². The molecular weight excluding hydrogens is 569 g/mol. The van der Waals surface area contributed by atoms with Crippen LogP contribution in [0.2, 0.25) is 0 Å². The number of carbonyl (C=O) groups excluding carboxylic acids is 3. The Hall–Kier alpha value is -5.05. The second-order valence-corrected chi connectivity index (χ2v) is 11.4. The molecule has 1 atom stereocenters. The number of likely N-dealkylation sites (tertiary alicyclic amines) is 1. The molecule has 2 aliphatic rings. The highest BCUT2D eigenvalue weighted by molar-refractivity contribution is 6.07. The van der Waals surface area contributed by atoms with E-state index in [9.17, 15) is 19.6 Å². The zero-order valence-corrected chi connectivity index (χ0v) is 25.3. The fraction of sp³-hybridized carbons (Fsp3) is 0.375. The molecule has 2 aromatic carbocycles. The van der Waals surface area contributed by atoms with Crippen LogP contribution in [0.25, 0.3) is 0 Å². The highest BCUT2D eigenvalue weighted by Crippen LogP contribution is 2.45. The van der Waals surface area contributed by atoms with Crippen LogP contribution in [0.15, 0.2) is 71.2 Å². The Morgan fingerprint density at radius 3 is 2.20 bits per heavy atom. The summed E-state index contributed by atoms with van der Waals surface area (Å²) >= 11 is 0. The summed E-state index contributed by atoms with van der Waals surface area (Å²) < 4.78 is 31.2. The third-order valence-electron chi connectivity index (χ3n) is 7.34. The highest BCUT2D eigenvalue weighted by Gasteiger charge is 2.44. The van der Waals surface area contributed by atoms with E-state index in [0.717, 1.165) is 19.1 Å². The molecule has 0 spiro atoms. The number of piperidine rings is 1. The van der Waals surface area contributed by atoms with Gasteiger partial charge in [-0.1, -0.05) is 36.4 Å². The van der Waals surface area contributed by atoms with Gasteiger partial charge in [0.15, 0.2) is 0 Å². The zero-order chi connectivity index (χ0) is 32.2. The van der Waals surface area contributed by atoms with Crippen LogP contribution in [0.1, 0.15) is 45.1 Å². The summed E-state index contributed by atoms with van der Waals surface area (Å²) in [4.78, 5) is 42.1. The van der Waals surface area contributed by atoms with Gasteiger partial charge in [0.1, 0.15) is 22.9 Å². The molecule has 1 amide bonds. The molecule has 1 saturated heterocycles. The number of nitrogens with one attached hydrogen (secondary N) is 1. The average molecular weight is 606 g/mol. The molecule has 3 N–H and O–H groups in total. The van der Waals surface area contributed by atoms with Gasteiger partial charge in [-0.2, -0.15) is 5.26 Å². The number of halogens is 1. The molecule has 11 nitrogen and oxygen atoms in total. The third kappa shape index (κ3) is 6.46. The molecule has 0 aromatic heterocycles. The molecule has 0 aliphatic carbocycles. The van der Waals surface area contributed by atoms with Crippen LogP contribution in [-0.4, -0.2) is 61.9 Å². The second-order valence-electron chi connectivity index (χ2n) is 11.4. The van der Waals surface area contributed by atoms with E-state index in [2.05, 4.69) is 11.4 Å². The van der Waals surface area contributed by atoms with Gasteiger partial charge >= 0.3 is 18.0 Å². The molecule has 2 heterocycles. The average Bonchev–Trinajstić information content (AvgIpc) is 3.00. The maximum atomic E-state index is 15.6. The smallest absolute Gasteiger partial charge is 0.410 e. The van der Waals surface area contributed by atoms with Crippen LogP contribution in [-0.2, 0) is 23.8 Å². The maximum Gasteiger partial charge on any atom is 0.410 e. The molecule has 1 unspecified atom stereocenters. The van der Waals surface area contributed by atoms with Gasteiger partial charge in [-0.3, -0.25) is 4.90 Å². The molecule has 1 fully saturated rings. The molecule has 232 valence electrons. The van der Waals surface area contributed by atoms with Crippen LogP contribution >= 0.6 is 0 Å². The van der Waals surface area contributed by atoms with Crippen LogP contribution < -0.4 is 16.0 Å². The van der Waals surface area contributed by atoms with Crippen molar-refractivity contribution in [3.63, 3.8) is 0 Å². The number of hydrogen-bond donors (Lipinski definition) is 2. The first-order valence-electron chi connectivity index (χ1n) is 14.1. The third-order valence-corrected chi connectivity index (χ3v) is 7.34. The first-order chi connectivity index (χ1) is 20.9. The first-order valence-corrected chi connectivity index (χ1v) is 14.1. The standard InChI is InChI=1S/C32H36FN5O6/c1-32(2,3)44-31(41)37-16-14-20(15-17-37)36-26-22(33)12-9-13-23(26)38-27(30(40)43-5)25(29(39)42-4)24(21(18-34)28(38)35)19-10-7-6-8-11-19/h6-13,20,24,36H,14-17,35H2,1-5H3. The first kappa shape index (κ1) is 31.9. The number of rotatable bonds is 6. The number of carbonyl (C=O) groups is 3. The van der Waals surface area contributed by atoms with Crippen molar-refractivity contribution in [3.05, 3.63) is 82.6 Å². The quantitative estimate of drug-likeness (QED) is 0.355. The second kappa shape index (κ2) is 13.1. The normalized spacial score (nSPS) is 17.6. The number of nitriles is 1. The van der Waals surface area contributed by atoms with Gasteiger partial charge in [0.25, 0.3) is 0 Å². The molecule has 44 heavy (non-hydrogen) atoms. The minimum absolute atomic E-state index is 0.00719. The summed E-state index contributed by atoms with van der Waals surface area (Å²) in [6.45, 7) is 6.13. The van der Waals surface area contributed by atoms with Crippen LogP contribution in [0.3, 0.4) is 0 Å². The summed E-state index contributed by atoms with van der Waals surface area (Å²) in [6, 6.07) is 14.6. The lowest BCUT2D eigenvalue weighted by molar-refractivity contribution is -0.139. The minimum atomic E-state index is -1.05. The Labute approximate surface area is 255 Å². The van der Waals surface area contributed by atoms with E-state index in [4.69, 9.17) is 19.9 Å². The largest absolute Gasteiger partial charge is 0.466 e. The van der Waals surface area contributed by atoms with Crippen molar-refractivity contribution in [1.29, 1.82) is 5.26 Å². The van der Waals surface area contributed by atoms with Crippen molar-refractivity contribution in [2.75, 3.05) is 37.5 Å². The number of esters is 2. The number of ether oxygens (including phenoxy) is 3. The van der Waals surface area contributed by atoms with E-state index in [1.165, 1.54) is 18.2 Å². The van der Waals surface area contributed by atoms with Gasteiger partial charge in [0, 0.05) is 19.1 Å². The number of allylic oxidation sites excluding steroid dienone is 1. The monoisotopic (exact) mass is 605 g/mol. The van der Waals surface area contributed by atoms with Crippen molar-refractivity contribution >= 4 is 29.4 Å². The Morgan fingerprint density at radius 2 is 1.64 bits per heavy atom. The van der Waals surface area contributed by atoms with Gasteiger partial charge in [0.05, 0.1) is 48.7 Å². The van der Waals surface area contributed by atoms with E-state index in [-0.39, 0.29) is 40.1 Å². The fourth-order valence-electron chi connectivity index (χ4n) is 5.34. The molecule has 12 heteroatoms. The number of hydrogen-bond acceptors (Lipinski definition) is 10. The number of para-hydroxylation sites is 1. The van der Waals surface area contributed by atoms with E-state index < -0.39 is 35.4 Å². The van der Waals surface area contributed by atoms with Crippen molar-refractivity contribution in [1.82, 2.24) is 4.90 Å². The minimum Gasteiger partial charge on any atom is -0.466 e. The van der Waals surface area contributed by atoms with Crippen LogP contribution in [0.5, 0.6) is 0 Å². The molecule has 2 aliphatic heterocycles. The number of nitrogens with two attached hydrogens (primary N) is 1. The number of anilines is 2. The molecule has 0 saturated carbocycles. The lowest BCUT2D eigenvalue weighted by atomic mass is 9.81. The molecule has 0 radical (unpaired) electrons. The van der Waals surface area contributed by atoms with Crippen LogP contribution in [0.4, 0.5) is 20.6 Å². The summed E-state index contributed by atoms with van der Waals surface area (Å²) in [6.07, 6.45) is 0.532. The molecule has 2 aromatic rings. The molecule has 0 bridgehead atoms. The van der Waals surface area contributed by atoms with Gasteiger partial charge in [0.2, 0.25) is 0 Å². The topological polar surface area (TPSA) is 147 Å². The number of benzene rings is 2. The number of amides is 1. The van der Waals surface area contributed by atoms with Gasteiger partial charge < -0.3 is 30.2 Å². The fourth-order valence-corrected chi connectivity index (χ4v) is 5.34. The van der Waals surface area contributed by atoms with Gasteiger partial charge in [-0.05, 0) is 51.3 Å². The van der Waals surface area contributed by atoms with E-state index >= 15 is 4.39 Å². The van der Waals surface area contributed by atoms with Crippen molar-refractivity contribution in [3.8, 4) is 6.07 Å². The van der Waals surface area contributed by atoms with E-state index in [0.29, 0.717) is 31.5 Å². The summed E-state index contributed by atoms with van der Waals surface area (Å²) in [5.41, 5.74) is 6.05. The highest BCUT2D eigenvalue weighted by atomic mass is 19.1. The lowest BCUT2D eigenvalue weighted by Crippen LogP contribution is -2.45. The summed E-state index contributed by atoms with van der Waals surface area (Å²) in [7, 11) is 2.30. The predicted molar refractivity (Wildman–Crippen MR) is 160 cm³/mol. The SMILES string of the molecule is COC(=O)C1=C(C(=O)OC)N(c2cccc(F)c2NC2CCN(C(=O)OC(C)(C)C)CC2)C(N)=C(C#N)C1c1ccccc1. The Kier molecular flexibility index (Phi) is 9.47. The summed E-state index contributed by atoms with van der Waals surface area (Å²) in [5, 5.41) is 13.5. The van der Waals surface area contributed by atoms with Gasteiger partial charge in [-0.25, -0.2) is 18.8 Å². The maximum absolute atomic E-state index is 15.6. The van der Waals surface area contributed by atoms with E-state index in [1.54, 1.807) is 56.0 Å². The molecule has 4 rings (SSSR count). The zero-order valence-electron chi connectivity index (χ0n) is 25.3. The van der Waals surface area contributed by atoms with Crippen molar-refractivity contribution in [2.24, 2.45) is 5.73 Å². The Balaban J connectivity index is 1.79. The van der Waals surface area contributed by atoms with E-state index in [1.807, 2.05) is 0 Å².